The number of carbonyl (C=O) groups excluding carboxylic acids is 5. The summed E-state index contributed by atoms with van der Waals surface area (Å²) in [6, 6.07) is 13.2. The standard InChI is InChI=1S/C30H37N3O5/c1-4-6-21-8-10-22(11-9-21)23-12-14-24(15-13-23)28(36)32-27(20(2)3)30(38)33-17-5-7-26(33)29(37)31-25(19-35)16-18-34/h8-15,18-20,25-27H,4-7,16-17H2,1-3H3,(H,31,37)(H,32,36)/t25-,26-,27?/m0/s1. The smallest absolute Gasteiger partial charge is 0.251 e. The fourth-order valence-corrected chi connectivity index (χ4v) is 4.72. The maximum Gasteiger partial charge on any atom is 0.251 e. The van der Waals surface area contributed by atoms with Crippen LogP contribution in [0.5, 0.6) is 0 Å². The second-order valence-corrected chi connectivity index (χ2v) is 10.1. The molecular formula is C30H37N3O5. The molecule has 3 rings (SSSR count). The lowest BCUT2D eigenvalue weighted by Crippen LogP contribution is -2.56. The molecule has 8 nitrogen and oxygen atoms in total. The molecule has 3 atom stereocenters. The molecule has 0 aliphatic carbocycles. The van der Waals surface area contributed by atoms with Crippen LogP contribution < -0.4 is 10.6 Å². The summed E-state index contributed by atoms with van der Waals surface area (Å²) in [5.74, 6) is -1.39. The van der Waals surface area contributed by atoms with Gasteiger partial charge in [0.05, 0.1) is 6.04 Å². The van der Waals surface area contributed by atoms with Crippen molar-refractivity contribution in [3.63, 3.8) is 0 Å². The zero-order valence-electron chi connectivity index (χ0n) is 22.3. The first-order valence-electron chi connectivity index (χ1n) is 13.3. The van der Waals surface area contributed by atoms with Crippen molar-refractivity contribution in [2.45, 2.75) is 71.0 Å². The molecule has 1 saturated heterocycles. The van der Waals surface area contributed by atoms with Crippen LogP contribution in [-0.2, 0) is 25.6 Å². The molecule has 0 aromatic heterocycles. The van der Waals surface area contributed by atoms with E-state index in [-0.39, 0.29) is 24.2 Å². The van der Waals surface area contributed by atoms with Crippen molar-refractivity contribution in [1.82, 2.24) is 15.5 Å². The molecule has 2 aromatic carbocycles. The topological polar surface area (TPSA) is 113 Å². The molecule has 0 spiro atoms. The van der Waals surface area contributed by atoms with E-state index in [0.29, 0.717) is 37.5 Å². The predicted octanol–water partition coefficient (Wildman–Crippen LogP) is 3.32. The van der Waals surface area contributed by atoms with Gasteiger partial charge in [0.1, 0.15) is 24.7 Å². The number of amides is 3. The van der Waals surface area contributed by atoms with Crippen molar-refractivity contribution in [3.05, 3.63) is 59.7 Å². The zero-order valence-corrected chi connectivity index (χ0v) is 22.3. The molecule has 1 fully saturated rings. The third-order valence-electron chi connectivity index (χ3n) is 6.87. The Morgan fingerprint density at radius 3 is 2.16 bits per heavy atom. The summed E-state index contributed by atoms with van der Waals surface area (Å²) in [4.78, 5) is 62.7. The lowest BCUT2D eigenvalue weighted by molar-refractivity contribution is -0.141. The Kier molecular flexibility index (Phi) is 10.3. The number of hydrogen-bond donors (Lipinski definition) is 2. The summed E-state index contributed by atoms with van der Waals surface area (Å²) in [6.45, 7) is 6.20. The molecule has 3 amide bonds. The summed E-state index contributed by atoms with van der Waals surface area (Å²) in [7, 11) is 0. The van der Waals surface area contributed by atoms with Crippen molar-refractivity contribution >= 4 is 30.3 Å². The molecule has 2 aromatic rings. The van der Waals surface area contributed by atoms with Crippen molar-refractivity contribution in [2.75, 3.05) is 6.54 Å². The summed E-state index contributed by atoms with van der Waals surface area (Å²) < 4.78 is 0. The minimum atomic E-state index is -0.921. The molecule has 1 aliphatic heterocycles. The van der Waals surface area contributed by atoms with Crippen LogP contribution in [0.3, 0.4) is 0 Å². The number of nitrogens with zero attached hydrogens (tertiary/aromatic N) is 1. The third-order valence-corrected chi connectivity index (χ3v) is 6.87. The van der Waals surface area contributed by atoms with E-state index in [1.165, 1.54) is 10.5 Å². The molecule has 1 heterocycles. The van der Waals surface area contributed by atoms with Crippen LogP contribution in [0.25, 0.3) is 11.1 Å². The zero-order chi connectivity index (χ0) is 27.7. The van der Waals surface area contributed by atoms with Crippen LogP contribution in [0.1, 0.15) is 62.4 Å². The molecule has 2 N–H and O–H groups in total. The van der Waals surface area contributed by atoms with Gasteiger partial charge in [0, 0.05) is 18.5 Å². The second kappa shape index (κ2) is 13.7. The SMILES string of the molecule is CCCc1ccc(-c2ccc(C(=O)NC(C(=O)N3CCC[C@H]3C(=O)N[C@H](C=O)CC=O)C(C)C)cc2)cc1. The molecule has 202 valence electrons. The Morgan fingerprint density at radius 1 is 0.974 bits per heavy atom. The largest absolute Gasteiger partial charge is 0.344 e. The Bertz CT molecular complexity index is 1130. The predicted molar refractivity (Wildman–Crippen MR) is 145 cm³/mol. The van der Waals surface area contributed by atoms with Crippen molar-refractivity contribution in [3.8, 4) is 11.1 Å². The van der Waals surface area contributed by atoms with E-state index in [0.717, 1.165) is 24.0 Å². The van der Waals surface area contributed by atoms with E-state index >= 15 is 0 Å². The fraction of sp³-hybridized carbons (Fsp3) is 0.433. The van der Waals surface area contributed by atoms with E-state index < -0.39 is 24.0 Å². The highest BCUT2D eigenvalue weighted by molar-refractivity contribution is 5.99. The average molecular weight is 520 g/mol. The molecule has 0 radical (unpaired) electrons. The molecule has 8 heteroatoms. The van der Waals surface area contributed by atoms with Gasteiger partial charge in [0.2, 0.25) is 11.8 Å². The monoisotopic (exact) mass is 519 g/mol. The van der Waals surface area contributed by atoms with Crippen LogP contribution in [-0.4, -0.2) is 59.9 Å². The summed E-state index contributed by atoms with van der Waals surface area (Å²) in [6.07, 6.45) is 4.17. The summed E-state index contributed by atoms with van der Waals surface area (Å²) >= 11 is 0. The van der Waals surface area contributed by atoms with Crippen molar-refractivity contribution in [1.29, 1.82) is 0 Å². The third kappa shape index (κ3) is 7.15. The van der Waals surface area contributed by atoms with Gasteiger partial charge in [0.25, 0.3) is 5.91 Å². The minimum Gasteiger partial charge on any atom is -0.344 e. The summed E-state index contributed by atoms with van der Waals surface area (Å²) in [5.41, 5.74) is 3.79. The van der Waals surface area contributed by atoms with E-state index in [9.17, 15) is 24.0 Å². The molecule has 1 aliphatic rings. The number of aldehydes is 2. The Labute approximate surface area is 224 Å². The average Bonchev–Trinajstić information content (AvgIpc) is 3.42. The maximum atomic E-state index is 13.5. The Hall–Kier alpha value is -3.81. The van der Waals surface area contributed by atoms with Gasteiger partial charge >= 0.3 is 0 Å². The molecule has 1 unspecified atom stereocenters. The van der Waals surface area contributed by atoms with Gasteiger partial charge in [-0.3, -0.25) is 14.4 Å². The first-order valence-corrected chi connectivity index (χ1v) is 13.3. The van der Waals surface area contributed by atoms with Crippen molar-refractivity contribution < 1.29 is 24.0 Å². The van der Waals surface area contributed by atoms with Crippen LogP contribution in [0.15, 0.2) is 48.5 Å². The van der Waals surface area contributed by atoms with Gasteiger partial charge in [-0.15, -0.1) is 0 Å². The number of hydrogen-bond acceptors (Lipinski definition) is 5. The van der Waals surface area contributed by atoms with Crippen LogP contribution >= 0.6 is 0 Å². The second-order valence-electron chi connectivity index (χ2n) is 10.1. The number of rotatable bonds is 12. The minimum absolute atomic E-state index is 0.121. The van der Waals surface area contributed by atoms with Crippen LogP contribution in [0, 0.1) is 5.92 Å². The number of likely N-dealkylation sites (tertiary alicyclic amines) is 1. The lowest BCUT2D eigenvalue weighted by atomic mass is 9.99. The summed E-state index contributed by atoms with van der Waals surface area (Å²) in [5, 5.41) is 5.40. The Balaban J connectivity index is 1.68. The number of benzene rings is 2. The van der Waals surface area contributed by atoms with Crippen LogP contribution in [0.4, 0.5) is 0 Å². The van der Waals surface area contributed by atoms with Gasteiger partial charge in [-0.2, -0.15) is 0 Å². The molecule has 0 saturated carbocycles. The van der Waals surface area contributed by atoms with E-state index in [2.05, 4.69) is 41.8 Å². The maximum absolute atomic E-state index is 13.5. The van der Waals surface area contributed by atoms with E-state index in [1.54, 1.807) is 12.1 Å². The highest BCUT2D eigenvalue weighted by atomic mass is 16.2. The number of nitrogens with one attached hydrogen (secondary N) is 2. The Morgan fingerprint density at radius 2 is 1.61 bits per heavy atom. The number of carbonyl (C=O) groups is 5. The van der Waals surface area contributed by atoms with Gasteiger partial charge in [-0.25, -0.2) is 0 Å². The quantitative estimate of drug-likeness (QED) is 0.418. The molecule has 0 bridgehead atoms. The van der Waals surface area contributed by atoms with E-state index in [1.807, 2.05) is 26.0 Å². The highest BCUT2D eigenvalue weighted by Crippen LogP contribution is 2.23. The van der Waals surface area contributed by atoms with Gasteiger partial charge in [-0.05, 0) is 54.0 Å². The van der Waals surface area contributed by atoms with Gasteiger partial charge in [0.15, 0.2) is 0 Å². The number of aryl methyl sites for hydroxylation is 1. The van der Waals surface area contributed by atoms with Crippen molar-refractivity contribution in [2.24, 2.45) is 5.92 Å². The van der Waals surface area contributed by atoms with E-state index in [4.69, 9.17) is 0 Å². The molecule has 38 heavy (non-hydrogen) atoms. The lowest BCUT2D eigenvalue weighted by Gasteiger charge is -2.31. The van der Waals surface area contributed by atoms with Crippen LogP contribution in [0.2, 0.25) is 0 Å². The first kappa shape index (κ1) is 28.8. The van der Waals surface area contributed by atoms with Gasteiger partial charge in [-0.1, -0.05) is 63.6 Å². The molecular weight excluding hydrogens is 482 g/mol. The first-order chi connectivity index (χ1) is 18.3. The normalized spacial score (nSPS) is 16.5. The van der Waals surface area contributed by atoms with Gasteiger partial charge < -0.3 is 25.1 Å². The fourth-order valence-electron chi connectivity index (χ4n) is 4.72. The highest BCUT2D eigenvalue weighted by Gasteiger charge is 2.39.